The quantitative estimate of drug-likeness (QED) is 0.824. The predicted molar refractivity (Wildman–Crippen MR) is 68.6 cm³/mol. The number of nitrogens with two attached hydrogens (primary N) is 1. The van der Waals surface area contributed by atoms with E-state index in [2.05, 4.69) is 0 Å². The summed E-state index contributed by atoms with van der Waals surface area (Å²) >= 11 is 0. The molecule has 0 radical (unpaired) electrons. The fourth-order valence-electron chi connectivity index (χ4n) is 2.21. The molecule has 1 aromatic rings. The van der Waals surface area contributed by atoms with Crippen molar-refractivity contribution in [3.05, 3.63) is 24.0 Å². The zero-order chi connectivity index (χ0) is 13.8. The predicted octanol–water partition coefficient (Wildman–Crippen LogP) is 2.18. The summed E-state index contributed by atoms with van der Waals surface area (Å²) in [6.45, 7) is 1.28. The Labute approximate surface area is 110 Å². The summed E-state index contributed by atoms with van der Waals surface area (Å²) in [6, 6.07) is 4.16. The number of amides is 1. The molecule has 104 valence electrons. The van der Waals surface area contributed by atoms with Crippen LogP contribution in [0.1, 0.15) is 12.8 Å². The number of nitrogens with zero attached hydrogens (tertiary/aromatic N) is 1. The Bertz CT molecular complexity index is 467. The van der Waals surface area contributed by atoms with E-state index in [0.29, 0.717) is 25.4 Å². The van der Waals surface area contributed by atoms with Crippen LogP contribution in [0, 0.1) is 11.7 Å². The number of carboxylic acid groups (broad SMARTS) is 1. The van der Waals surface area contributed by atoms with Crippen molar-refractivity contribution in [3.8, 4) is 5.75 Å². The number of carbonyl (C=O) groups is 1. The van der Waals surface area contributed by atoms with Crippen molar-refractivity contribution in [1.82, 2.24) is 4.90 Å². The van der Waals surface area contributed by atoms with E-state index in [9.17, 15) is 9.18 Å². The first-order valence-corrected chi connectivity index (χ1v) is 6.22. The Hall–Kier alpha value is -1.98. The lowest BCUT2D eigenvalue weighted by molar-refractivity contribution is 0.104. The zero-order valence-electron chi connectivity index (χ0n) is 10.5. The van der Waals surface area contributed by atoms with Gasteiger partial charge in [0.15, 0.2) is 11.6 Å². The van der Waals surface area contributed by atoms with Crippen LogP contribution in [0.4, 0.5) is 14.9 Å². The lowest BCUT2D eigenvalue weighted by Crippen LogP contribution is -2.40. The Morgan fingerprint density at radius 3 is 3.11 bits per heavy atom. The highest BCUT2D eigenvalue weighted by Crippen LogP contribution is 2.23. The number of benzene rings is 1. The van der Waals surface area contributed by atoms with E-state index >= 15 is 0 Å². The summed E-state index contributed by atoms with van der Waals surface area (Å²) in [5.74, 6) is -0.252. The molecule has 0 saturated carbocycles. The normalized spacial score (nSPS) is 19.2. The number of ether oxygens (including phenoxy) is 1. The molecule has 1 saturated heterocycles. The Morgan fingerprint density at radius 1 is 1.58 bits per heavy atom. The van der Waals surface area contributed by atoms with Gasteiger partial charge in [0.25, 0.3) is 0 Å². The molecular weight excluding hydrogens is 251 g/mol. The van der Waals surface area contributed by atoms with Crippen LogP contribution in [0.15, 0.2) is 18.2 Å². The first-order chi connectivity index (χ1) is 9.06. The maximum absolute atomic E-state index is 13.4. The second-order valence-electron chi connectivity index (χ2n) is 4.74. The average molecular weight is 268 g/mol. The van der Waals surface area contributed by atoms with Crippen LogP contribution in [0.25, 0.3) is 0 Å². The minimum Gasteiger partial charge on any atom is -0.490 e. The van der Waals surface area contributed by atoms with E-state index in [1.807, 2.05) is 0 Å². The van der Waals surface area contributed by atoms with E-state index in [1.165, 1.54) is 23.1 Å². The van der Waals surface area contributed by atoms with Crippen LogP contribution in [0.5, 0.6) is 5.75 Å². The van der Waals surface area contributed by atoms with Crippen molar-refractivity contribution < 1.29 is 19.0 Å². The van der Waals surface area contributed by atoms with Crippen LogP contribution in [0.2, 0.25) is 0 Å². The molecule has 6 heteroatoms. The third kappa shape index (κ3) is 3.49. The van der Waals surface area contributed by atoms with Gasteiger partial charge in [-0.25, -0.2) is 9.18 Å². The van der Waals surface area contributed by atoms with Crippen LogP contribution in [0.3, 0.4) is 0 Å². The summed E-state index contributed by atoms with van der Waals surface area (Å²) in [5, 5.41) is 8.93. The molecule has 0 unspecified atom stereocenters. The van der Waals surface area contributed by atoms with Gasteiger partial charge in [0.1, 0.15) is 0 Å². The van der Waals surface area contributed by atoms with Crippen LogP contribution in [-0.4, -0.2) is 35.8 Å². The van der Waals surface area contributed by atoms with Crippen molar-refractivity contribution in [2.75, 3.05) is 25.4 Å². The fourth-order valence-corrected chi connectivity index (χ4v) is 2.21. The van der Waals surface area contributed by atoms with E-state index in [0.717, 1.165) is 12.8 Å². The summed E-state index contributed by atoms with van der Waals surface area (Å²) in [4.78, 5) is 12.2. The number of likely N-dealkylation sites (tertiary alicyclic amines) is 1. The molecule has 5 nitrogen and oxygen atoms in total. The van der Waals surface area contributed by atoms with Gasteiger partial charge in [-0.1, -0.05) is 0 Å². The summed E-state index contributed by atoms with van der Waals surface area (Å²) in [5.41, 5.74) is 6.00. The molecule has 1 heterocycles. The third-order valence-electron chi connectivity index (χ3n) is 3.22. The lowest BCUT2D eigenvalue weighted by atomic mass is 9.99. The SMILES string of the molecule is Nc1ccc(F)c(OC[C@H]2CCCN(C(=O)O)C2)c1. The fraction of sp³-hybridized carbons (Fsp3) is 0.462. The molecule has 2 rings (SSSR count). The second-order valence-corrected chi connectivity index (χ2v) is 4.74. The molecular formula is C13H17FN2O3. The number of anilines is 1. The smallest absolute Gasteiger partial charge is 0.407 e. The van der Waals surface area contributed by atoms with Gasteiger partial charge in [-0.05, 0) is 25.0 Å². The van der Waals surface area contributed by atoms with Crippen molar-refractivity contribution >= 4 is 11.8 Å². The van der Waals surface area contributed by atoms with Gasteiger partial charge in [0, 0.05) is 30.8 Å². The molecule has 3 N–H and O–H groups in total. The van der Waals surface area contributed by atoms with Gasteiger partial charge >= 0.3 is 6.09 Å². The van der Waals surface area contributed by atoms with Gasteiger partial charge in [-0.3, -0.25) is 0 Å². The molecule has 0 aliphatic carbocycles. The lowest BCUT2D eigenvalue weighted by Gasteiger charge is -2.30. The number of rotatable bonds is 3. The monoisotopic (exact) mass is 268 g/mol. The Balaban J connectivity index is 1.91. The molecule has 19 heavy (non-hydrogen) atoms. The van der Waals surface area contributed by atoms with E-state index < -0.39 is 11.9 Å². The van der Waals surface area contributed by atoms with Crippen molar-refractivity contribution in [1.29, 1.82) is 0 Å². The molecule has 0 bridgehead atoms. The molecule has 1 atom stereocenters. The van der Waals surface area contributed by atoms with E-state index in [1.54, 1.807) is 0 Å². The molecule has 1 fully saturated rings. The maximum Gasteiger partial charge on any atom is 0.407 e. The molecule has 0 aromatic heterocycles. The number of piperidine rings is 1. The second kappa shape index (κ2) is 5.77. The Morgan fingerprint density at radius 2 is 2.37 bits per heavy atom. The standard InChI is InChI=1S/C13H17FN2O3/c14-11-4-3-10(15)6-12(11)19-8-9-2-1-5-16(7-9)13(17)18/h3-4,6,9H,1-2,5,7-8,15H2,(H,17,18)/t9-/m0/s1. The van der Waals surface area contributed by atoms with Crippen molar-refractivity contribution in [2.24, 2.45) is 5.92 Å². The minimum absolute atomic E-state index is 0.0886. The third-order valence-corrected chi connectivity index (χ3v) is 3.22. The molecule has 0 spiro atoms. The Kier molecular flexibility index (Phi) is 4.09. The summed E-state index contributed by atoms with van der Waals surface area (Å²) in [6.07, 6.45) is 0.771. The minimum atomic E-state index is -0.917. The maximum atomic E-state index is 13.4. The summed E-state index contributed by atoms with van der Waals surface area (Å²) < 4.78 is 18.9. The van der Waals surface area contributed by atoms with Gasteiger partial charge in [-0.2, -0.15) is 0 Å². The highest BCUT2D eigenvalue weighted by atomic mass is 19.1. The molecule has 1 aliphatic heterocycles. The molecule has 1 aromatic carbocycles. The van der Waals surface area contributed by atoms with Gasteiger partial charge in [0.2, 0.25) is 0 Å². The van der Waals surface area contributed by atoms with Gasteiger partial charge in [0.05, 0.1) is 6.61 Å². The highest BCUT2D eigenvalue weighted by molar-refractivity contribution is 5.65. The summed E-state index contributed by atoms with van der Waals surface area (Å²) in [7, 11) is 0. The number of hydrogen-bond donors (Lipinski definition) is 2. The van der Waals surface area contributed by atoms with Gasteiger partial charge < -0.3 is 20.5 Å². The average Bonchev–Trinajstić information content (AvgIpc) is 2.40. The van der Waals surface area contributed by atoms with Gasteiger partial charge in [-0.15, -0.1) is 0 Å². The van der Waals surface area contributed by atoms with E-state index in [4.69, 9.17) is 15.6 Å². The van der Waals surface area contributed by atoms with Crippen LogP contribution < -0.4 is 10.5 Å². The molecule has 1 aliphatic rings. The first-order valence-electron chi connectivity index (χ1n) is 6.22. The molecule has 1 amide bonds. The van der Waals surface area contributed by atoms with Crippen molar-refractivity contribution in [2.45, 2.75) is 12.8 Å². The number of halogens is 1. The van der Waals surface area contributed by atoms with Crippen LogP contribution in [-0.2, 0) is 0 Å². The number of hydrogen-bond acceptors (Lipinski definition) is 3. The zero-order valence-corrected chi connectivity index (χ0v) is 10.5. The first kappa shape index (κ1) is 13.5. The largest absolute Gasteiger partial charge is 0.490 e. The van der Waals surface area contributed by atoms with E-state index in [-0.39, 0.29) is 11.7 Å². The highest BCUT2D eigenvalue weighted by Gasteiger charge is 2.23. The topological polar surface area (TPSA) is 75.8 Å². The van der Waals surface area contributed by atoms with Crippen molar-refractivity contribution in [3.63, 3.8) is 0 Å². The number of nitrogen functional groups attached to an aromatic ring is 1. The van der Waals surface area contributed by atoms with Crippen LogP contribution >= 0.6 is 0 Å².